The maximum absolute atomic E-state index is 13.1. The number of hydrogen-bond donors (Lipinski definition) is 2. The Morgan fingerprint density at radius 2 is 2.14 bits per heavy atom. The van der Waals surface area contributed by atoms with Crippen LogP contribution in [-0.2, 0) is 21.2 Å². The third-order valence-corrected chi connectivity index (χ3v) is 4.86. The molecule has 9 heteroatoms. The van der Waals surface area contributed by atoms with Crippen molar-refractivity contribution in [2.24, 2.45) is 5.73 Å². The van der Waals surface area contributed by atoms with Crippen molar-refractivity contribution < 1.29 is 22.0 Å². The van der Waals surface area contributed by atoms with E-state index in [1.807, 2.05) is 4.72 Å². The summed E-state index contributed by atoms with van der Waals surface area (Å²) in [4.78, 5) is 12.9. The first-order valence-electron chi connectivity index (χ1n) is 6.65. The van der Waals surface area contributed by atoms with Gasteiger partial charge < -0.3 is 10.6 Å². The van der Waals surface area contributed by atoms with E-state index in [0.717, 1.165) is 0 Å². The molecule has 0 unspecified atom stereocenters. The topological polar surface area (TPSA) is 92.5 Å². The average Bonchev–Trinajstić information content (AvgIpc) is 2.88. The van der Waals surface area contributed by atoms with Gasteiger partial charge in [-0.2, -0.15) is 0 Å². The Hall–Kier alpha value is -1.58. The zero-order valence-electron chi connectivity index (χ0n) is 12.0. The van der Waals surface area contributed by atoms with Crippen molar-refractivity contribution in [3.8, 4) is 0 Å². The molecule has 1 aliphatic rings. The van der Waals surface area contributed by atoms with E-state index in [1.54, 1.807) is 4.90 Å². The molecule has 1 aromatic carbocycles. The number of alkyl halides is 2. The second kappa shape index (κ2) is 5.90. The maximum Gasteiger partial charge on any atom is 0.273 e. The summed E-state index contributed by atoms with van der Waals surface area (Å²) in [6.07, 6.45) is 0.525. The molecule has 0 fully saturated rings. The molecule has 3 N–H and O–H groups in total. The summed E-state index contributed by atoms with van der Waals surface area (Å²) in [5.74, 6) is -3.43. The quantitative estimate of drug-likeness (QED) is 0.819. The van der Waals surface area contributed by atoms with Gasteiger partial charge in [0.2, 0.25) is 15.9 Å². The fraction of sp³-hybridized carbons (Fsp3) is 0.462. The minimum atomic E-state index is -4.05. The fourth-order valence-corrected chi connectivity index (χ4v) is 3.34. The number of fused-ring (bicyclic) bond motifs is 1. The van der Waals surface area contributed by atoms with E-state index < -0.39 is 29.0 Å². The molecule has 2 rings (SSSR count). The lowest BCUT2D eigenvalue weighted by Crippen LogP contribution is -2.41. The molecule has 0 saturated heterocycles. The smallest absolute Gasteiger partial charge is 0.273 e. The lowest BCUT2D eigenvalue weighted by Gasteiger charge is -2.16. The van der Waals surface area contributed by atoms with E-state index in [2.05, 4.69) is 0 Å². The van der Waals surface area contributed by atoms with E-state index in [9.17, 15) is 22.0 Å². The monoisotopic (exact) mass is 333 g/mol. The zero-order chi connectivity index (χ0) is 16.5. The minimum Gasteiger partial charge on any atom is -0.325 e. The first-order chi connectivity index (χ1) is 10.2. The van der Waals surface area contributed by atoms with Gasteiger partial charge in [-0.1, -0.05) is 0 Å². The van der Waals surface area contributed by atoms with E-state index >= 15 is 0 Å². The summed E-state index contributed by atoms with van der Waals surface area (Å²) < 4.78 is 52.1. The lowest BCUT2D eigenvalue weighted by atomic mass is 10.2. The van der Waals surface area contributed by atoms with Crippen LogP contribution in [0.15, 0.2) is 23.1 Å². The van der Waals surface area contributed by atoms with Gasteiger partial charge in [-0.3, -0.25) is 4.79 Å². The Labute approximate surface area is 127 Å². The highest BCUT2D eigenvalue weighted by Crippen LogP contribution is 2.30. The first-order valence-corrected chi connectivity index (χ1v) is 8.13. The van der Waals surface area contributed by atoms with Crippen molar-refractivity contribution in [2.45, 2.75) is 24.2 Å². The zero-order valence-corrected chi connectivity index (χ0v) is 12.8. The van der Waals surface area contributed by atoms with Gasteiger partial charge in [0.05, 0.1) is 18.0 Å². The van der Waals surface area contributed by atoms with Crippen LogP contribution in [-0.4, -0.2) is 39.9 Å². The lowest BCUT2D eigenvalue weighted by molar-refractivity contribution is -0.116. The molecule has 0 saturated carbocycles. The second-order valence-electron chi connectivity index (χ2n) is 5.10. The molecule has 0 aromatic heterocycles. The van der Waals surface area contributed by atoms with Gasteiger partial charge in [0.1, 0.15) is 0 Å². The molecular weight excluding hydrogens is 316 g/mol. The molecule has 1 aliphatic heterocycles. The van der Waals surface area contributed by atoms with Gasteiger partial charge >= 0.3 is 0 Å². The van der Waals surface area contributed by atoms with Crippen molar-refractivity contribution in [1.82, 2.24) is 4.72 Å². The molecule has 0 radical (unpaired) electrons. The SMILES string of the molecule is CC(=O)N1CCc2cc(S(=O)(=O)NCC(F)(F)CN)ccc21. The van der Waals surface area contributed by atoms with Crippen molar-refractivity contribution in [3.05, 3.63) is 23.8 Å². The Morgan fingerprint density at radius 1 is 1.45 bits per heavy atom. The molecule has 6 nitrogen and oxygen atoms in total. The summed E-state index contributed by atoms with van der Waals surface area (Å²) in [7, 11) is -4.05. The number of nitrogens with two attached hydrogens (primary N) is 1. The van der Waals surface area contributed by atoms with Gasteiger partial charge in [-0.25, -0.2) is 21.9 Å². The Morgan fingerprint density at radius 3 is 2.73 bits per heavy atom. The van der Waals surface area contributed by atoms with Crippen LogP contribution in [0.2, 0.25) is 0 Å². The standard InChI is InChI=1S/C13H17F2N3O3S/c1-9(19)18-5-4-10-6-11(2-3-12(10)18)22(20,21)17-8-13(14,15)7-16/h2-3,6,17H,4-5,7-8,16H2,1H3. The Balaban J connectivity index is 2.22. The molecule has 0 aliphatic carbocycles. The number of rotatable bonds is 5. The molecule has 1 amide bonds. The Kier molecular flexibility index (Phi) is 4.50. The van der Waals surface area contributed by atoms with Crippen LogP contribution >= 0.6 is 0 Å². The summed E-state index contributed by atoms with van der Waals surface area (Å²) >= 11 is 0. The number of sulfonamides is 1. The molecule has 1 heterocycles. The average molecular weight is 333 g/mol. The number of hydrogen-bond acceptors (Lipinski definition) is 4. The maximum atomic E-state index is 13.1. The van der Waals surface area contributed by atoms with Crippen LogP contribution in [0.3, 0.4) is 0 Å². The molecule has 1 aromatic rings. The molecule has 0 spiro atoms. The number of benzene rings is 1. The normalized spacial score (nSPS) is 15.0. The summed E-state index contributed by atoms with van der Waals surface area (Å²) in [5, 5.41) is 0. The van der Waals surface area contributed by atoms with Gasteiger partial charge in [-0.05, 0) is 30.2 Å². The highest BCUT2D eigenvalue weighted by molar-refractivity contribution is 7.89. The predicted octanol–water partition coefficient (Wildman–Crippen LogP) is 0.468. The van der Waals surface area contributed by atoms with Crippen molar-refractivity contribution in [1.29, 1.82) is 0 Å². The van der Waals surface area contributed by atoms with Crippen LogP contribution in [0.25, 0.3) is 0 Å². The summed E-state index contributed by atoms with van der Waals surface area (Å²) in [5.41, 5.74) is 6.22. The van der Waals surface area contributed by atoms with Gasteiger partial charge in [0, 0.05) is 19.2 Å². The van der Waals surface area contributed by atoms with Gasteiger partial charge in [0.15, 0.2) is 0 Å². The van der Waals surface area contributed by atoms with Gasteiger partial charge in [0.25, 0.3) is 5.92 Å². The summed E-state index contributed by atoms with van der Waals surface area (Å²) in [6.45, 7) is -0.0845. The van der Waals surface area contributed by atoms with Crippen LogP contribution in [0.5, 0.6) is 0 Å². The van der Waals surface area contributed by atoms with E-state index in [-0.39, 0.29) is 10.8 Å². The van der Waals surface area contributed by atoms with Crippen molar-refractivity contribution in [2.75, 3.05) is 24.5 Å². The van der Waals surface area contributed by atoms with Gasteiger partial charge in [-0.15, -0.1) is 0 Å². The number of halogens is 2. The highest BCUT2D eigenvalue weighted by atomic mass is 32.2. The number of nitrogens with one attached hydrogen (secondary N) is 1. The Bertz CT molecular complexity index is 692. The molecular formula is C13H17F2N3O3S. The molecule has 0 bridgehead atoms. The molecule has 122 valence electrons. The van der Waals surface area contributed by atoms with Crippen LogP contribution in [0.4, 0.5) is 14.5 Å². The van der Waals surface area contributed by atoms with Crippen LogP contribution in [0, 0.1) is 0 Å². The highest BCUT2D eigenvalue weighted by Gasteiger charge is 2.30. The van der Waals surface area contributed by atoms with Crippen LogP contribution < -0.4 is 15.4 Å². The number of nitrogens with zero attached hydrogens (tertiary/aromatic N) is 1. The number of anilines is 1. The van der Waals surface area contributed by atoms with E-state index in [4.69, 9.17) is 5.73 Å². The molecule has 0 atom stereocenters. The number of carbonyl (C=O) groups is 1. The predicted molar refractivity (Wildman–Crippen MR) is 77.4 cm³/mol. The third kappa shape index (κ3) is 3.42. The van der Waals surface area contributed by atoms with E-state index in [0.29, 0.717) is 24.2 Å². The largest absolute Gasteiger partial charge is 0.325 e. The fourth-order valence-electron chi connectivity index (χ4n) is 2.23. The third-order valence-electron chi connectivity index (χ3n) is 3.46. The first kappa shape index (κ1) is 16.8. The number of carbonyl (C=O) groups excluding carboxylic acids is 1. The van der Waals surface area contributed by atoms with Crippen molar-refractivity contribution in [3.63, 3.8) is 0 Å². The number of amides is 1. The molecule has 22 heavy (non-hydrogen) atoms. The van der Waals surface area contributed by atoms with E-state index in [1.165, 1.54) is 25.1 Å². The minimum absolute atomic E-state index is 0.107. The second-order valence-corrected chi connectivity index (χ2v) is 6.86. The van der Waals surface area contributed by atoms with Crippen molar-refractivity contribution >= 4 is 21.6 Å². The van der Waals surface area contributed by atoms with Crippen LogP contribution in [0.1, 0.15) is 12.5 Å². The summed E-state index contributed by atoms with van der Waals surface area (Å²) in [6, 6.07) is 4.21.